The molecule has 0 fully saturated rings. The highest BCUT2D eigenvalue weighted by Crippen LogP contribution is 2.25. The molecule has 2 amide bonds. The lowest BCUT2D eigenvalue weighted by Gasteiger charge is -2.16. The molecule has 132 valence electrons. The van der Waals surface area contributed by atoms with Crippen LogP contribution in [0, 0.1) is 0 Å². The number of esters is 1. The zero-order chi connectivity index (χ0) is 18.1. The minimum Gasteiger partial charge on any atom is -0.497 e. The van der Waals surface area contributed by atoms with Gasteiger partial charge in [0, 0.05) is 25.7 Å². The van der Waals surface area contributed by atoms with Crippen molar-refractivity contribution in [2.75, 3.05) is 41.5 Å². The molecule has 0 unspecified atom stereocenters. The van der Waals surface area contributed by atoms with Crippen LogP contribution in [0.3, 0.4) is 0 Å². The van der Waals surface area contributed by atoms with Gasteiger partial charge in [-0.2, -0.15) is 0 Å². The zero-order valence-corrected chi connectivity index (χ0v) is 14.3. The van der Waals surface area contributed by atoms with Crippen molar-refractivity contribution in [3.05, 3.63) is 23.8 Å². The smallest absolute Gasteiger partial charge is 0.310 e. The normalized spacial score (nSPS) is 9.83. The van der Waals surface area contributed by atoms with Gasteiger partial charge in [0.2, 0.25) is 5.91 Å². The van der Waals surface area contributed by atoms with Gasteiger partial charge in [-0.15, -0.1) is 0 Å². The lowest BCUT2D eigenvalue weighted by Crippen LogP contribution is -2.39. The van der Waals surface area contributed by atoms with Crippen molar-refractivity contribution in [3.8, 4) is 11.5 Å². The van der Waals surface area contributed by atoms with Crippen molar-refractivity contribution in [1.29, 1.82) is 0 Å². The molecule has 24 heavy (non-hydrogen) atoms. The van der Waals surface area contributed by atoms with E-state index in [1.165, 1.54) is 33.2 Å². The highest BCUT2D eigenvalue weighted by Gasteiger charge is 2.16. The van der Waals surface area contributed by atoms with Gasteiger partial charge in [0.05, 0.1) is 27.2 Å². The summed E-state index contributed by atoms with van der Waals surface area (Å²) in [6.07, 6.45) is -0.0421. The number of hydrogen-bond acceptors (Lipinski definition) is 6. The summed E-state index contributed by atoms with van der Waals surface area (Å²) < 4.78 is 15.2. The largest absolute Gasteiger partial charge is 0.497 e. The first-order valence-corrected chi connectivity index (χ1v) is 7.22. The van der Waals surface area contributed by atoms with Crippen LogP contribution >= 0.6 is 0 Å². The molecule has 0 bridgehead atoms. The van der Waals surface area contributed by atoms with Gasteiger partial charge in [0.15, 0.2) is 6.61 Å². The molecule has 0 aliphatic heterocycles. The molecule has 0 spiro atoms. The quantitative estimate of drug-likeness (QED) is 0.670. The SMILES string of the molecule is CNC(=O)CN(C)C(=O)COC(=O)Cc1ccc(OC)cc1OC. The lowest BCUT2D eigenvalue weighted by molar-refractivity contribution is -0.151. The topological polar surface area (TPSA) is 94.2 Å². The van der Waals surface area contributed by atoms with Gasteiger partial charge in [-0.3, -0.25) is 14.4 Å². The van der Waals surface area contributed by atoms with Gasteiger partial charge in [-0.1, -0.05) is 6.07 Å². The van der Waals surface area contributed by atoms with Crippen molar-refractivity contribution in [2.24, 2.45) is 0 Å². The number of ether oxygens (including phenoxy) is 3. The Kier molecular flexibility index (Phi) is 7.54. The minimum atomic E-state index is -0.569. The number of rotatable bonds is 8. The molecule has 8 heteroatoms. The number of methoxy groups -OCH3 is 2. The first-order valence-electron chi connectivity index (χ1n) is 7.22. The van der Waals surface area contributed by atoms with Gasteiger partial charge >= 0.3 is 5.97 Å². The predicted molar refractivity (Wildman–Crippen MR) is 85.9 cm³/mol. The molecule has 0 aliphatic rings. The van der Waals surface area contributed by atoms with Gasteiger partial charge in [-0.25, -0.2) is 0 Å². The van der Waals surface area contributed by atoms with Crippen LogP contribution in [-0.4, -0.2) is 64.2 Å². The fourth-order valence-corrected chi connectivity index (χ4v) is 1.84. The van der Waals surface area contributed by atoms with E-state index in [-0.39, 0.29) is 18.9 Å². The summed E-state index contributed by atoms with van der Waals surface area (Å²) in [4.78, 5) is 36.0. The summed E-state index contributed by atoms with van der Waals surface area (Å²) >= 11 is 0. The van der Waals surface area contributed by atoms with E-state index >= 15 is 0 Å². The van der Waals surface area contributed by atoms with E-state index in [0.29, 0.717) is 17.1 Å². The molecule has 0 radical (unpaired) electrons. The third kappa shape index (κ3) is 5.79. The maximum atomic E-state index is 11.9. The Hall–Kier alpha value is -2.77. The summed E-state index contributed by atoms with van der Waals surface area (Å²) in [7, 11) is 5.95. The van der Waals surface area contributed by atoms with E-state index in [9.17, 15) is 14.4 Å². The second-order valence-electron chi connectivity index (χ2n) is 4.94. The van der Waals surface area contributed by atoms with E-state index in [4.69, 9.17) is 14.2 Å². The second-order valence-corrected chi connectivity index (χ2v) is 4.94. The fraction of sp³-hybridized carbons (Fsp3) is 0.438. The average Bonchev–Trinajstić information content (AvgIpc) is 2.59. The third-order valence-electron chi connectivity index (χ3n) is 3.27. The summed E-state index contributed by atoms with van der Waals surface area (Å²) in [5.41, 5.74) is 0.620. The van der Waals surface area contributed by atoms with Crippen LogP contribution in [0.1, 0.15) is 5.56 Å². The van der Waals surface area contributed by atoms with Crippen LogP contribution in [0.5, 0.6) is 11.5 Å². The minimum absolute atomic E-state index is 0.0421. The molecule has 0 aromatic heterocycles. The van der Waals surface area contributed by atoms with Gasteiger partial charge in [0.25, 0.3) is 5.91 Å². The highest BCUT2D eigenvalue weighted by atomic mass is 16.5. The van der Waals surface area contributed by atoms with Crippen molar-refractivity contribution >= 4 is 17.8 Å². The van der Waals surface area contributed by atoms with Gasteiger partial charge < -0.3 is 24.4 Å². The highest BCUT2D eigenvalue weighted by molar-refractivity contribution is 5.86. The standard InChI is InChI=1S/C16H22N2O6/c1-17-14(19)9-18(2)15(20)10-24-16(21)7-11-5-6-12(22-3)8-13(11)23-4/h5-6,8H,7,9-10H2,1-4H3,(H,17,19). The molecule has 8 nitrogen and oxygen atoms in total. The lowest BCUT2D eigenvalue weighted by atomic mass is 10.1. The number of hydrogen-bond donors (Lipinski definition) is 1. The summed E-state index contributed by atoms with van der Waals surface area (Å²) in [6.45, 7) is -0.524. The zero-order valence-electron chi connectivity index (χ0n) is 14.3. The van der Waals surface area contributed by atoms with E-state index in [0.717, 1.165) is 0 Å². The Morgan fingerprint density at radius 2 is 1.88 bits per heavy atom. The molecule has 1 N–H and O–H groups in total. The number of carbonyl (C=O) groups excluding carboxylic acids is 3. The maximum absolute atomic E-state index is 11.9. The summed E-state index contributed by atoms with van der Waals surface area (Å²) in [6, 6.07) is 5.05. The molecule has 1 aromatic rings. The van der Waals surface area contributed by atoms with E-state index in [1.807, 2.05) is 0 Å². The first kappa shape index (κ1) is 19.3. The Balaban J connectivity index is 2.55. The van der Waals surface area contributed by atoms with Gasteiger partial charge in [0.1, 0.15) is 11.5 Å². The van der Waals surface area contributed by atoms with Crippen LogP contribution < -0.4 is 14.8 Å². The molecule has 1 aromatic carbocycles. The van der Waals surface area contributed by atoms with Crippen molar-refractivity contribution in [1.82, 2.24) is 10.2 Å². The van der Waals surface area contributed by atoms with Crippen molar-refractivity contribution in [2.45, 2.75) is 6.42 Å². The number of amides is 2. The third-order valence-corrected chi connectivity index (χ3v) is 3.27. The number of benzene rings is 1. The molecular weight excluding hydrogens is 316 g/mol. The van der Waals surface area contributed by atoms with Crippen LogP contribution in [0.2, 0.25) is 0 Å². The maximum Gasteiger partial charge on any atom is 0.310 e. The number of nitrogens with zero attached hydrogens (tertiary/aromatic N) is 1. The van der Waals surface area contributed by atoms with E-state index in [1.54, 1.807) is 18.2 Å². The average molecular weight is 338 g/mol. The van der Waals surface area contributed by atoms with E-state index in [2.05, 4.69) is 5.32 Å². The van der Waals surface area contributed by atoms with Crippen molar-refractivity contribution in [3.63, 3.8) is 0 Å². The van der Waals surface area contributed by atoms with E-state index < -0.39 is 18.5 Å². The van der Waals surface area contributed by atoms with Crippen LogP contribution in [-0.2, 0) is 25.5 Å². The Bertz CT molecular complexity index is 602. The Labute approximate surface area is 140 Å². The fourth-order valence-electron chi connectivity index (χ4n) is 1.84. The second kappa shape index (κ2) is 9.39. The summed E-state index contributed by atoms with van der Waals surface area (Å²) in [5.74, 6) is -0.238. The Morgan fingerprint density at radius 3 is 2.46 bits per heavy atom. The molecule has 0 saturated carbocycles. The van der Waals surface area contributed by atoms with Crippen LogP contribution in [0.15, 0.2) is 18.2 Å². The Morgan fingerprint density at radius 1 is 1.17 bits per heavy atom. The van der Waals surface area contributed by atoms with Crippen LogP contribution in [0.25, 0.3) is 0 Å². The van der Waals surface area contributed by atoms with Crippen molar-refractivity contribution < 1.29 is 28.6 Å². The predicted octanol–water partition coefficient (Wildman–Crippen LogP) is -0.00610. The first-order chi connectivity index (χ1) is 11.4. The molecule has 0 saturated heterocycles. The molecule has 0 heterocycles. The monoisotopic (exact) mass is 338 g/mol. The molecule has 0 aliphatic carbocycles. The van der Waals surface area contributed by atoms with Gasteiger partial charge in [-0.05, 0) is 6.07 Å². The number of likely N-dealkylation sites (N-methyl/N-ethyl adjacent to an activating group) is 2. The number of nitrogens with one attached hydrogen (secondary N) is 1. The molecular formula is C16H22N2O6. The molecule has 0 atom stereocenters. The summed E-state index contributed by atoms with van der Waals surface area (Å²) in [5, 5.41) is 2.41. The molecule has 1 rings (SSSR count). The number of carbonyl (C=O) groups is 3. The van der Waals surface area contributed by atoms with Crippen LogP contribution in [0.4, 0.5) is 0 Å².